The fourth-order valence-corrected chi connectivity index (χ4v) is 5.31. The first-order chi connectivity index (χ1) is 13.8. The molecule has 1 aromatic carbocycles. The van der Waals surface area contributed by atoms with Gasteiger partial charge in [-0.15, -0.1) is 11.3 Å². The van der Waals surface area contributed by atoms with Gasteiger partial charge in [-0.05, 0) is 24.8 Å². The number of thiophene rings is 1. The lowest BCUT2D eigenvalue weighted by molar-refractivity contribution is 0.164. The van der Waals surface area contributed by atoms with Crippen LogP contribution in [-0.4, -0.2) is 60.8 Å². The van der Waals surface area contributed by atoms with Gasteiger partial charge in [0.05, 0.1) is 12.0 Å². The van der Waals surface area contributed by atoms with E-state index in [1.807, 2.05) is 6.92 Å². The maximum absolute atomic E-state index is 5.54. The first kappa shape index (κ1) is 18.0. The summed E-state index contributed by atoms with van der Waals surface area (Å²) >= 11 is 1.72. The molecule has 5 rings (SSSR count). The first-order valence-corrected chi connectivity index (χ1v) is 11.0. The molecule has 28 heavy (non-hydrogen) atoms. The fourth-order valence-electron chi connectivity index (χ4n) is 4.32. The van der Waals surface area contributed by atoms with Crippen LogP contribution in [0.1, 0.15) is 12.2 Å². The van der Waals surface area contributed by atoms with Crippen LogP contribution in [-0.2, 0) is 4.74 Å². The molecular weight excluding hydrogens is 368 g/mol. The highest BCUT2D eigenvalue weighted by molar-refractivity contribution is 7.17. The van der Waals surface area contributed by atoms with E-state index < -0.39 is 0 Å². The van der Waals surface area contributed by atoms with Crippen LogP contribution in [0.25, 0.3) is 21.3 Å². The second kappa shape index (κ2) is 7.78. The summed E-state index contributed by atoms with van der Waals surface area (Å²) in [6.07, 6.45) is 1.21. The van der Waals surface area contributed by atoms with E-state index in [0.717, 1.165) is 55.9 Å². The van der Waals surface area contributed by atoms with Gasteiger partial charge in [-0.3, -0.25) is 4.90 Å². The minimum absolute atomic E-state index is 0.709. The molecule has 6 heteroatoms. The molecule has 1 unspecified atom stereocenters. The van der Waals surface area contributed by atoms with Crippen LogP contribution in [0.4, 0.5) is 5.82 Å². The van der Waals surface area contributed by atoms with Gasteiger partial charge in [-0.1, -0.05) is 30.3 Å². The van der Waals surface area contributed by atoms with E-state index in [-0.39, 0.29) is 0 Å². The van der Waals surface area contributed by atoms with Gasteiger partial charge >= 0.3 is 0 Å². The third kappa shape index (κ3) is 3.52. The number of hydrogen-bond donors (Lipinski definition) is 0. The average Bonchev–Trinajstić information content (AvgIpc) is 3.38. The van der Waals surface area contributed by atoms with Gasteiger partial charge in [0.1, 0.15) is 16.5 Å². The molecule has 2 saturated heterocycles. The number of benzene rings is 1. The van der Waals surface area contributed by atoms with Crippen LogP contribution in [0.5, 0.6) is 0 Å². The summed E-state index contributed by atoms with van der Waals surface area (Å²) in [6, 6.07) is 10.6. The van der Waals surface area contributed by atoms with Crippen LogP contribution in [0.3, 0.4) is 0 Å². The van der Waals surface area contributed by atoms with Crippen LogP contribution in [0.15, 0.2) is 35.7 Å². The predicted octanol–water partition coefficient (Wildman–Crippen LogP) is 3.83. The molecule has 0 bridgehead atoms. The zero-order valence-electron chi connectivity index (χ0n) is 16.3. The highest BCUT2D eigenvalue weighted by atomic mass is 32.1. The Bertz CT molecular complexity index is 944. The second-order valence-corrected chi connectivity index (χ2v) is 8.67. The highest BCUT2D eigenvalue weighted by Crippen LogP contribution is 2.38. The molecule has 2 aliphatic heterocycles. The van der Waals surface area contributed by atoms with Crippen molar-refractivity contribution in [1.29, 1.82) is 0 Å². The van der Waals surface area contributed by atoms with E-state index in [0.29, 0.717) is 5.92 Å². The van der Waals surface area contributed by atoms with Crippen molar-refractivity contribution >= 4 is 27.4 Å². The van der Waals surface area contributed by atoms with Crippen molar-refractivity contribution in [3.8, 4) is 11.1 Å². The van der Waals surface area contributed by atoms with E-state index >= 15 is 0 Å². The van der Waals surface area contributed by atoms with E-state index in [1.165, 1.54) is 29.5 Å². The number of fused-ring (bicyclic) bond motifs is 1. The molecule has 0 saturated carbocycles. The van der Waals surface area contributed by atoms with E-state index in [4.69, 9.17) is 14.7 Å². The monoisotopic (exact) mass is 394 g/mol. The summed E-state index contributed by atoms with van der Waals surface area (Å²) in [6.45, 7) is 9.25. The molecule has 0 spiro atoms. The van der Waals surface area contributed by atoms with Crippen molar-refractivity contribution in [2.75, 3.05) is 50.8 Å². The van der Waals surface area contributed by atoms with Gasteiger partial charge in [0.15, 0.2) is 0 Å². The van der Waals surface area contributed by atoms with Crippen molar-refractivity contribution in [3.63, 3.8) is 0 Å². The maximum Gasteiger partial charge on any atom is 0.141 e. The zero-order valence-corrected chi connectivity index (χ0v) is 17.1. The Balaban J connectivity index is 1.42. The standard InChI is InChI=1S/C22H26N4OS/c1-16-23-21(26-10-8-25(9-11-26)13-17-7-12-27-14-17)20-19(15-28-22(20)24-16)18-5-3-2-4-6-18/h2-6,15,17H,7-14H2,1H3. The van der Waals surface area contributed by atoms with Crippen LogP contribution < -0.4 is 4.90 Å². The van der Waals surface area contributed by atoms with Crippen molar-refractivity contribution in [1.82, 2.24) is 14.9 Å². The molecular formula is C22H26N4OS. The van der Waals surface area contributed by atoms with Crippen molar-refractivity contribution in [3.05, 3.63) is 41.5 Å². The number of piperazine rings is 1. The minimum atomic E-state index is 0.709. The Morgan fingerprint density at radius 3 is 2.68 bits per heavy atom. The third-order valence-electron chi connectivity index (χ3n) is 5.82. The number of rotatable bonds is 4. The molecule has 2 aromatic heterocycles. The van der Waals surface area contributed by atoms with E-state index in [2.05, 4.69) is 45.5 Å². The highest BCUT2D eigenvalue weighted by Gasteiger charge is 2.25. The summed E-state index contributed by atoms with van der Waals surface area (Å²) in [5.41, 5.74) is 2.49. The summed E-state index contributed by atoms with van der Waals surface area (Å²) < 4.78 is 5.54. The van der Waals surface area contributed by atoms with Gasteiger partial charge in [0, 0.05) is 50.3 Å². The van der Waals surface area contributed by atoms with Gasteiger partial charge in [-0.2, -0.15) is 0 Å². The predicted molar refractivity (Wildman–Crippen MR) is 115 cm³/mol. The number of nitrogens with zero attached hydrogens (tertiary/aromatic N) is 4. The summed E-state index contributed by atoms with van der Waals surface area (Å²) in [5.74, 6) is 2.67. The number of anilines is 1. The molecule has 0 aliphatic carbocycles. The SMILES string of the molecule is Cc1nc(N2CCN(CC3CCOC3)CC2)c2c(-c3ccccc3)csc2n1. The van der Waals surface area contributed by atoms with Gasteiger partial charge in [0.2, 0.25) is 0 Å². The fraction of sp³-hybridized carbons (Fsp3) is 0.455. The molecule has 3 aromatic rings. The molecule has 1 atom stereocenters. The molecule has 5 nitrogen and oxygen atoms in total. The Labute approximate surface area is 170 Å². The first-order valence-electron chi connectivity index (χ1n) is 10.1. The maximum atomic E-state index is 5.54. The minimum Gasteiger partial charge on any atom is -0.381 e. The van der Waals surface area contributed by atoms with Crippen LogP contribution in [0, 0.1) is 12.8 Å². The molecule has 2 aliphatic rings. The normalized spacial score (nSPS) is 20.9. The third-order valence-corrected chi connectivity index (χ3v) is 6.70. The number of aryl methyl sites for hydroxylation is 1. The molecule has 0 N–H and O–H groups in total. The molecule has 2 fully saturated rings. The lowest BCUT2D eigenvalue weighted by Crippen LogP contribution is -2.48. The Morgan fingerprint density at radius 2 is 1.93 bits per heavy atom. The zero-order chi connectivity index (χ0) is 18.9. The summed E-state index contributed by atoms with van der Waals surface area (Å²) in [4.78, 5) is 15.7. The van der Waals surface area contributed by atoms with E-state index in [9.17, 15) is 0 Å². The van der Waals surface area contributed by atoms with E-state index in [1.54, 1.807) is 11.3 Å². The average molecular weight is 395 g/mol. The van der Waals surface area contributed by atoms with Crippen molar-refractivity contribution < 1.29 is 4.74 Å². The largest absolute Gasteiger partial charge is 0.381 e. The smallest absolute Gasteiger partial charge is 0.141 e. The topological polar surface area (TPSA) is 41.5 Å². The lowest BCUT2D eigenvalue weighted by atomic mass is 10.1. The molecule has 0 radical (unpaired) electrons. The van der Waals surface area contributed by atoms with Gasteiger partial charge in [0.25, 0.3) is 0 Å². The second-order valence-electron chi connectivity index (χ2n) is 7.81. The van der Waals surface area contributed by atoms with Crippen molar-refractivity contribution in [2.24, 2.45) is 5.92 Å². The quantitative estimate of drug-likeness (QED) is 0.673. The molecule has 146 valence electrons. The molecule has 0 amide bonds. The summed E-state index contributed by atoms with van der Waals surface area (Å²) in [5, 5.41) is 3.44. The van der Waals surface area contributed by atoms with Crippen LogP contribution in [0.2, 0.25) is 0 Å². The van der Waals surface area contributed by atoms with Crippen LogP contribution >= 0.6 is 11.3 Å². The van der Waals surface area contributed by atoms with Crippen molar-refractivity contribution in [2.45, 2.75) is 13.3 Å². The summed E-state index contributed by atoms with van der Waals surface area (Å²) in [7, 11) is 0. The number of ether oxygens (including phenoxy) is 1. The van der Waals surface area contributed by atoms with Gasteiger partial charge < -0.3 is 9.64 Å². The lowest BCUT2D eigenvalue weighted by Gasteiger charge is -2.36. The number of hydrogen-bond acceptors (Lipinski definition) is 6. The Kier molecular flexibility index (Phi) is 5.01. The Morgan fingerprint density at radius 1 is 1.11 bits per heavy atom. The Hall–Kier alpha value is -2.02. The van der Waals surface area contributed by atoms with Gasteiger partial charge in [-0.25, -0.2) is 9.97 Å². The number of aromatic nitrogens is 2. The molecule has 4 heterocycles.